The van der Waals surface area contributed by atoms with Crippen molar-refractivity contribution in [2.75, 3.05) is 13.1 Å². The zero-order valence-corrected chi connectivity index (χ0v) is 14.1. The van der Waals surface area contributed by atoms with Crippen LogP contribution in [0, 0.1) is 5.92 Å². The predicted molar refractivity (Wildman–Crippen MR) is 93.8 cm³/mol. The van der Waals surface area contributed by atoms with E-state index in [0.717, 1.165) is 53.8 Å². The number of hydrogen-bond donors (Lipinski definition) is 1. The van der Waals surface area contributed by atoms with Crippen LogP contribution in [-0.4, -0.2) is 43.8 Å². The molecule has 0 unspecified atom stereocenters. The third-order valence-electron chi connectivity index (χ3n) is 4.67. The van der Waals surface area contributed by atoms with Crippen molar-refractivity contribution in [3.8, 4) is 11.4 Å². The molecule has 3 aromatic heterocycles. The fraction of sp³-hybridized carbons (Fsp3) is 0.389. The topological polar surface area (TPSA) is 85.6 Å². The van der Waals surface area contributed by atoms with Crippen LogP contribution in [0.2, 0.25) is 0 Å². The van der Waals surface area contributed by atoms with Gasteiger partial charge in [-0.1, -0.05) is 5.21 Å². The highest BCUT2D eigenvalue weighted by atomic mass is 16.1. The van der Waals surface area contributed by atoms with Gasteiger partial charge in [0.25, 0.3) is 0 Å². The summed E-state index contributed by atoms with van der Waals surface area (Å²) in [5.41, 5.74) is 2.31. The van der Waals surface area contributed by atoms with E-state index in [1.807, 2.05) is 25.4 Å². The van der Waals surface area contributed by atoms with E-state index in [4.69, 9.17) is 0 Å². The van der Waals surface area contributed by atoms with Crippen molar-refractivity contribution < 1.29 is 4.79 Å². The minimum Gasteiger partial charge on any atom is -0.317 e. The second kappa shape index (κ2) is 6.68. The van der Waals surface area contributed by atoms with Gasteiger partial charge in [-0.3, -0.25) is 19.4 Å². The highest BCUT2D eigenvalue weighted by molar-refractivity contribution is 5.87. The van der Waals surface area contributed by atoms with Gasteiger partial charge in [-0.25, -0.2) is 0 Å². The molecule has 25 heavy (non-hydrogen) atoms. The van der Waals surface area contributed by atoms with Gasteiger partial charge in [0.15, 0.2) is 0 Å². The zero-order valence-electron chi connectivity index (χ0n) is 14.1. The summed E-state index contributed by atoms with van der Waals surface area (Å²) < 4.78 is 1.65. The van der Waals surface area contributed by atoms with Crippen LogP contribution < -0.4 is 5.32 Å². The first kappa shape index (κ1) is 15.8. The smallest absolute Gasteiger partial charge is 0.142 e. The number of fused-ring (bicyclic) bond motifs is 1. The lowest BCUT2D eigenvalue weighted by Crippen LogP contribution is -2.32. The second-order valence-corrected chi connectivity index (χ2v) is 6.54. The molecule has 4 rings (SSSR count). The molecule has 0 saturated carbocycles. The maximum absolute atomic E-state index is 12.5. The maximum atomic E-state index is 12.5. The number of aromatic nitrogens is 5. The lowest BCUT2D eigenvalue weighted by Gasteiger charge is -2.21. The summed E-state index contributed by atoms with van der Waals surface area (Å²) >= 11 is 0. The van der Waals surface area contributed by atoms with E-state index in [9.17, 15) is 4.79 Å². The lowest BCUT2D eigenvalue weighted by molar-refractivity contribution is -0.123. The Bertz CT molecular complexity index is 913. The molecule has 0 aromatic carbocycles. The predicted octanol–water partition coefficient (Wildman–Crippen LogP) is 1.54. The molecule has 1 N–H and O–H groups in total. The van der Waals surface area contributed by atoms with Crippen LogP contribution in [0.4, 0.5) is 0 Å². The van der Waals surface area contributed by atoms with Crippen molar-refractivity contribution >= 4 is 16.6 Å². The number of carbonyl (C=O) groups is 1. The van der Waals surface area contributed by atoms with Gasteiger partial charge >= 0.3 is 0 Å². The molecule has 0 amide bonds. The SMILES string of the molecule is Cn1cc(-c2cc3cc(CC(=O)C4CCNCC4)ncc3cn2)nn1. The number of nitrogens with zero attached hydrogens (tertiary/aromatic N) is 5. The first-order valence-corrected chi connectivity index (χ1v) is 8.54. The van der Waals surface area contributed by atoms with Gasteiger partial charge in [-0.05, 0) is 43.5 Å². The van der Waals surface area contributed by atoms with Crippen LogP contribution in [0.25, 0.3) is 22.2 Å². The molecule has 7 heteroatoms. The standard InChI is InChI=1S/C18H20N6O/c1-24-11-17(22-23-24)16-7-13-6-15(20-9-14(13)10-21-16)8-18(25)12-2-4-19-5-3-12/h6-7,9-12,19H,2-5,8H2,1H3. The molecule has 0 radical (unpaired) electrons. The third-order valence-corrected chi connectivity index (χ3v) is 4.67. The van der Waals surface area contributed by atoms with Gasteiger partial charge in [0.2, 0.25) is 0 Å². The average molecular weight is 336 g/mol. The van der Waals surface area contributed by atoms with E-state index in [2.05, 4.69) is 25.6 Å². The number of piperidine rings is 1. The van der Waals surface area contributed by atoms with Crippen LogP contribution in [0.5, 0.6) is 0 Å². The Labute approximate surface area is 145 Å². The molecule has 128 valence electrons. The Morgan fingerprint density at radius 3 is 2.72 bits per heavy atom. The molecule has 1 aliphatic rings. The van der Waals surface area contributed by atoms with Gasteiger partial charge in [0, 0.05) is 42.9 Å². The Morgan fingerprint density at radius 1 is 1.16 bits per heavy atom. The van der Waals surface area contributed by atoms with E-state index >= 15 is 0 Å². The van der Waals surface area contributed by atoms with Crippen molar-refractivity contribution in [1.82, 2.24) is 30.3 Å². The molecule has 7 nitrogen and oxygen atoms in total. The molecule has 0 bridgehead atoms. The number of aryl methyl sites for hydroxylation is 1. The third kappa shape index (κ3) is 3.41. The molecule has 1 saturated heterocycles. The highest BCUT2D eigenvalue weighted by Gasteiger charge is 2.21. The summed E-state index contributed by atoms with van der Waals surface area (Å²) in [5.74, 6) is 0.447. The Morgan fingerprint density at radius 2 is 1.96 bits per heavy atom. The van der Waals surface area contributed by atoms with E-state index in [1.54, 1.807) is 17.1 Å². The van der Waals surface area contributed by atoms with Crippen molar-refractivity contribution in [2.45, 2.75) is 19.3 Å². The van der Waals surface area contributed by atoms with E-state index in [1.165, 1.54) is 0 Å². The molecule has 0 aliphatic carbocycles. The molecule has 1 aliphatic heterocycles. The number of pyridine rings is 2. The largest absolute Gasteiger partial charge is 0.317 e. The van der Waals surface area contributed by atoms with Crippen LogP contribution >= 0.6 is 0 Å². The van der Waals surface area contributed by atoms with Gasteiger partial charge in [0.1, 0.15) is 11.5 Å². The number of hydrogen-bond acceptors (Lipinski definition) is 6. The molecule has 0 spiro atoms. The van der Waals surface area contributed by atoms with E-state index < -0.39 is 0 Å². The van der Waals surface area contributed by atoms with Crippen LogP contribution in [0.1, 0.15) is 18.5 Å². The fourth-order valence-corrected chi connectivity index (χ4v) is 3.25. The first-order valence-electron chi connectivity index (χ1n) is 8.54. The van der Waals surface area contributed by atoms with Gasteiger partial charge < -0.3 is 5.32 Å². The van der Waals surface area contributed by atoms with E-state index in [0.29, 0.717) is 6.42 Å². The Hall–Kier alpha value is -2.67. The number of nitrogens with one attached hydrogen (secondary N) is 1. The minimum atomic E-state index is 0.159. The van der Waals surface area contributed by atoms with Crippen LogP contribution in [0.3, 0.4) is 0 Å². The van der Waals surface area contributed by atoms with Crippen molar-refractivity contribution in [2.24, 2.45) is 13.0 Å². The summed E-state index contributed by atoms with van der Waals surface area (Å²) in [6.45, 7) is 1.85. The van der Waals surface area contributed by atoms with Gasteiger partial charge in [0.05, 0.1) is 11.9 Å². The molecule has 3 aromatic rings. The quantitative estimate of drug-likeness (QED) is 0.778. The summed E-state index contributed by atoms with van der Waals surface area (Å²) in [5, 5.41) is 13.3. The summed E-state index contributed by atoms with van der Waals surface area (Å²) in [7, 11) is 1.83. The number of carbonyl (C=O) groups excluding carboxylic acids is 1. The van der Waals surface area contributed by atoms with Crippen LogP contribution in [-0.2, 0) is 18.3 Å². The Balaban J connectivity index is 1.59. The van der Waals surface area contributed by atoms with Crippen LogP contribution in [0.15, 0.2) is 30.7 Å². The summed E-state index contributed by atoms with van der Waals surface area (Å²) in [6.07, 6.45) is 7.64. The molecule has 1 fully saturated rings. The number of ketones is 1. The zero-order chi connectivity index (χ0) is 17.2. The Kier molecular flexibility index (Phi) is 4.23. The fourth-order valence-electron chi connectivity index (χ4n) is 3.25. The van der Waals surface area contributed by atoms with Crippen molar-refractivity contribution in [3.63, 3.8) is 0 Å². The van der Waals surface area contributed by atoms with E-state index in [-0.39, 0.29) is 11.7 Å². The van der Waals surface area contributed by atoms with Crippen molar-refractivity contribution in [3.05, 3.63) is 36.4 Å². The monoisotopic (exact) mass is 336 g/mol. The highest BCUT2D eigenvalue weighted by Crippen LogP contribution is 2.21. The second-order valence-electron chi connectivity index (χ2n) is 6.54. The normalized spacial score (nSPS) is 15.6. The summed E-state index contributed by atoms with van der Waals surface area (Å²) in [4.78, 5) is 21.4. The molecule has 0 atom stereocenters. The first-order chi connectivity index (χ1) is 12.2. The number of rotatable bonds is 4. The average Bonchev–Trinajstić information content (AvgIpc) is 3.08. The van der Waals surface area contributed by atoms with Crippen molar-refractivity contribution in [1.29, 1.82) is 0 Å². The minimum absolute atomic E-state index is 0.159. The lowest BCUT2D eigenvalue weighted by atomic mass is 9.91. The maximum Gasteiger partial charge on any atom is 0.142 e. The molecular formula is C18H20N6O. The summed E-state index contributed by atoms with van der Waals surface area (Å²) in [6, 6.07) is 3.95. The number of Topliss-reactive ketones (excluding diaryl/α,β-unsaturated/α-hetero) is 1. The molecular weight excluding hydrogens is 316 g/mol. The van der Waals surface area contributed by atoms with Gasteiger partial charge in [-0.2, -0.15) is 0 Å². The van der Waals surface area contributed by atoms with Gasteiger partial charge in [-0.15, -0.1) is 5.10 Å². The molecule has 4 heterocycles.